The van der Waals surface area contributed by atoms with Crippen LogP contribution in [0, 0.1) is 19.7 Å². The van der Waals surface area contributed by atoms with Crippen molar-refractivity contribution in [3.8, 4) is 0 Å². The molecule has 0 aliphatic heterocycles. The lowest BCUT2D eigenvalue weighted by molar-refractivity contribution is 0.617. The van der Waals surface area contributed by atoms with Gasteiger partial charge in [0.15, 0.2) is 0 Å². The van der Waals surface area contributed by atoms with E-state index in [1.54, 1.807) is 0 Å². The highest BCUT2D eigenvalue weighted by atomic mass is 19.1. The van der Waals surface area contributed by atoms with Crippen LogP contribution in [0.4, 0.5) is 4.39 Å². The Morgan fingerprint density at radius 2 is 2.00 bits per heavy atom. The van der Waals surface area contributed by atoms with Gasteiger partial charge in [0.25, 0.3) is 0 Å². The van der Waals surface area contributed by atoms with E-state index in [1.165, 1.54) is 6.07 Å². The Morgan fingerprint density at radius 3 is 2.64 bits per heavy atom. The van der Waals surface area contributed by atoms with Gasteiger partial charge in [-0.25, -0.2) is 4.39 Å². The van der Waals surface area contributed by atoms with Gasteiger partial charge in [-0.1, -0.05) is 31.6 Å². The van der Waals surface area contributed by atoms with Crippen molar-refractivity contribution in [1.82, 2.24) is 0 Å². The first kappa shape index (κ1) is 11.0. The third-order valence-corrected chi connectivity index (χ3v) is 2.41. The molecule has 1 rings (SSSR count). The molecule has 1 aromatic rings. The predicted molar refractivity (Wildman–Crippen MR) is 59.8 cm³/mol. The lowest BCUT2D eigenvalue weighted by atomic mass is 10.0. The van der Waals surface area contributed by atoms with Gasteiger partial charge in [0, 0.05) is 0 Å². The zero-order valence-corrected chi connectivity index (χ0v) is 9.10. The average Bonchev–Trinajstić information content (AvgIpc) is 2.18. The fourth-order valence-electron chi connectivity index (χ4n) is 1.46. The summed E-state index contributed by atoms with van der Waals surface area (Å²) in [5.74, 6) is -0.119. The van der Waals surface area contributed by atoms with Crippen LogP contribution in [0.25, 0.3) is 6.08 Å². The SMILES string of the molecule is CCC/C=C\c1c(C)ccc(F)c1C. The minimum Gasteiger partial charge on any atom is -0.207 e. The van der Waals surface area contributed by atoms with Crippen LogP contribution >= 0.6 is 0 Å². The Bertz CT molecular complexity index is 337. The molecule has 0 aliphatic rings. The number of benzene rings is 1. The maximum atomic E-state index is 13.2. The normalized spacial score (nSPS) is 11.1. The average molecular weight is 192 g/mol. The minimum absolute atomic E-state index is 0.119. The molecule has 0 bridgehead atoms. The zero-order chi connectivity index (χ0) is 10.6. The lowest BCUT2D eigenvalue weighted by Gasteiger charge is -2.05. The van der Waals surface area contributed by atoms with Gasteiger partial charge in [0.05, 0.1) is 0 Å². The van der Waals surface area contributed by atoms with E-state index in [4.69, 9.17) is 0 Å². The molecule has 1 heteroatoms. The van der Waals surface area contributed by atoms with E-state index in [9.17, 15) is 4.39 Å². The standard InChI is InChI=1S/C13H17F/c1-4-5-6-7-12-10(2)8-9-13(14)11(12)3/h6-9H,4-5H2,1-3H3/b7-6-. The third-order valence-electron chi connectivity index (χ3n) is 2.41. The van der Waals surface area contributed by atoms with Crippen molar-refractivity contribution in [2.75, 3.05) is 0 Å². The molecule has 14 heavy (non-hydrogen) atoms. The summed E-state index contributed by atoms with van der Waals surface area (Å²) in [5.41, 5.74) is 2.91. The molecule has 0 aliphatic carbocycles. The third kappa shape index (κ3) is 2.44. The highest BCUT2D eigenvalue weighted by Crippen LogP contribution is 2.18. The summed E-state index contributed by atoms with van der Waals surface area (Å²) < 4.78 is 13.2. The first-order valence-electron chi connectivity index (χ1n) is 5.09. The van der Waals surface area contributed by atoms with E-state index in [1.807, 2.05) is 26.0 Å². The van der Waals surface area contributed by atoms with Gasteiger partial charge in [0.2, 0.25) is 0 Å². The Labute approximate surface area is 85.5 Å². The molecule has 0 fully saturated rings. The fraction of sp³-hybridized carbons (Fsp3) is 0.385. The highest BCUT2D eigenvalue weighted by Gasteiger charge is 2.03. The van der Waals surface area contributed by atoms with E-state index in [0.29, 0.717) is 0 Å². The first-order valence-corrected chi connectivity index (χ1v) is 5.09. The summed E-state index contributed by atoms with van der Waals surface area (Å²) in [5, 5.41) is 0. The van der Waals surface area contributed by atoms with Crippen molar-refractivity contribution < 1.29 is 4.39 Å². The van der Waals surface area contributed by atoms with Gasteiger partial charge in [-0.2, -0.15) is 0 Å². The smallest absolute Gasteiger partial charge is 0.126 e. The molecule has 0 heterocycles. The molecule has 0 N–H and O–H groups in total. The van der Waals surface area contributed by atoms with Crippen molar-refractivity contribution in [2.24, 2.45) is 0 Å². The largest absolute Gasteiger partial charge is 0.207 e. The maximum absolute atomic E-state index is 13.2. The summed E-state index contributed by atoms with van der Waals surface area (Å²) in [6.07, 6.45) is 6.31. The number of allylic oxidation sites excluding steroid dienone is 1. The summed E-state index contributed by atoms with van der Waals surface area (Å²) in [4.78, 5) is 0. The number of hydrogen-bond donors (Lipinski definition) is 0. The number of unbranched alkanes of at least 4 members (excludes halogenated alkanes) is 1. The van der Waals surface area contributed by atoms with Crippen molar-refractivity contribution in [2.45, 2.75) is 33.6 Å². The molecular weight excluding hydrogens is 175 g/mol. The molecule has 1 aromatic carbocycles. The number of aryl methyl sites for hydroxylation is 1. The molecule has 0 unspecified atom stereocenters. The summed E-state index contributed by atoms with van der Waals surface area (Å²) in [6, 6.07) is 3.36. The monoisotopic (exact) mass is 192 g/mol. The molecule has 0 aromatic heterocycles. The Morgan fingerprint density at radius 1 is 1.29 bits per heavy atom. The molecular formula is C13H17F. The van der Waals surface area contributed by atoms with E-state index in [-0.39, 0.29) is 5.82 Å². The second kappa shape index (κ2) is 4.94. The predicted octanol–water partition coefficient (Wildman–Crippen LogP) is 4.26. The summed E-state index contributed by atoms with van der Waals surface area (Å²) in [6.45, 7) is 5.97. The van der Waals surface area contributed by atoms with E-state index in [0.717, 1.165) is 29.5 Å². The lowest BCUT2D eigenvalue weighted by Crippen LogP contribution is -1.90. The van der Waals surface area contributed by atoms with Crippen LogP contribution in [0.5, 0.6) is 0 Å². The van der Waals surface area contributed by atoms with Gasteiger partial charge < -0.3 is 0 Å². The quantitative estimate of drug-likeness (QED) is 0.671. The van der Waals surface area contributed by atoms with Crippen molar-refractivity contribution in [3.63, 3.8) is 0 Å². The van der Waals surface area contributed by atoms with Gasteiger partial charge in [-0.05, 0) is 43.0 Å². The Balaban J connectivity index is 3.00. The summed E-state index contributed by atoms with van der Waals surface area (Å²) in [7, 11) is 0. The van der Waals surface area contributed by atoms with Gasteiger partial charge in [-0.3, -0.25) is 0 Å². The van der Waals surface area contributed by atoms with E-state index < -0.39 is 0 Å². The van der Waals surface area contributed by atoms with Gasteiger partial charge in [-0.15, -0.1) is 0 Å². The molecule has 0 amide bonds. The van der Waals surface area contributed by atoms with E-state index in [2.05, 4.69) is 13.0 Å². The topological polar surface area (TPSA) is 0 Å². The zero-order valence-electron chi connectivity index (χ0n) is 9.10. The molecule has 0 spiro atoms. The van der Waals surface area contributed by atoms with Crippen LogP contribution in [-0.2, 0) is 0 Å². The maximum Gasteiger partial charge on any atom is 0.126 e. The van der Waals surface area contributed by atoms with Crippen LogP contribution in [0.1, 0.15) is 36.5 Å². The van der Waals surface area contributed by atoms with Crippen molar-refractivity contribution >= 4 is 6.08 Å². The molecule has 0 saturated heterocycles. The van der Waals surface area contributed by atoms with Crippen LogP contribution in [0.2, 0.25) is 0 Å². The van der Waals surface area contributed by atoms with Gasteiger partial charge in [0.1, 0.15) is 5.82 Å². The Hall–Kier alpha value is -1.11. The van der Waals surface area contributed by atoms with Gasteiger partial charge >= 0.3 is 0 Å². The van der Waals surface area contributed by atoms with Crippen LogP contribution in [0.15, 0.2) is 18.2 Å². The number of rotatable bonds is 3. The van der Waals surface area contributed by atoms with Crippen LogP contribution in [0.3, 0.4) is 0 Å². The Kier molecular flexibility index (Phi) is 3.87. The summed E-state index contributed by atoms with van der Waals surface area (Å²) >= 11 is 0. The second-order valence-electron chi connectivity index (χ2n) is 3.59. The molecule has 0 atom stereocenters. The van der Waals surface area contributed by atoms with Crippen molar-refractivity contribution in [1.29, 1.82) is 0 Å². The molecule has 76 valence electrons. The first-order chi connectivity index (χ1) is 6.66. The number of halogens is 1. The van der Waals surface area contributed by atoms with E-state index >= 15 is 0 Å². The fourth-order valence-corrected chi connectivity index (χ4v) is 1.46. The minimum atomic E-state index is -0.119. The second-order valence-corrected chi connectivity index (χ2v) is 3.59. The van der Waals surface area contributed by atoms with Crippen LogP contribution in [-0.4, -0.2) is 0 Å². The van der Waals surface area contributed by atoms with Crippen LogP contribution < -0.4 is 0 Å². The molecule has 0 nitrogen and oxygen atoms in total. The molecule has 0 radical (unpaired) electrons. The number of hydrogen-bond acceptors (Lipinski definition) is 0. The highest BCUT2D eigenvalue weighted by molar-refractivity contribution is 5.57. The molecule has 0 saturated carbocycles. The van der Waals surface area contributed by atoms with Crippen molar-refractivity contribution in [3.05, 3.63) is 40.7 Å².